The van der Waals surface area contributed by atoms with Crippen molar-refractivity contribution in [3.63, 3.8) is 0 Å². The molecule has 0 saturated heterocycles. The summed E-state index contributed by atoms with van der Waals surface area (Å²) in [4.78, 5) is 16.5. The molecule has 0 atom stereocenters. The van der Waals surface area contributed by atoms with E-state index < -0.39 is 6.09 Å². The van der Waals surface area contributed by atoms with Gasteiger partial charge in [0.25, 0.3) is 0 Å². The number of aromatic nitrogens is 4. The fourth-order valence-electron chi connectivity index (χ4n) is 3.36. The van der Waals surface area contributed by atoms with Crippen molar-refractivity contribution >= 4 is 22.8 Å². The minimum atomic E-state index is -0.546. The Kier molecular flexibility index (Phi) is 5.38. The van der Waals surface area contributed by atoms with Gasteiger partial charge in [0, 0.05) is 24.8 Å². The monoisotopic (exact) mass is 405 g/mol. The molecule has 0 bridgehead atoms. The summed E-state index contributed by atoms with van der Waals surface area (Å²) in [5.41, 5.74) is 4.93. The summed E-state index contributed by atoms with van der Waals surface area (Å²) in [5.74, 6) is 0.766. The van der Waals surface area contributed by atoms with E-state index in [0.717, 1.165) is 28.0 Å². The predicted molar refractivity (Wildman–Crippen MR) is 114 cm³/mol. The van der Waals surface area contributed by atoms with Crippen LogP contribution in [0.25, 0.3) is 22.3 Å². The molecular formula is C22H23N5O3. The fourth-order valence-corrected chi connectivity index (χ4v) is 3.36. The Bertz CT molecular complexity index is 1190. The van der Waals surface area contributed by atoms with E-state index in [4.69, 9.17) is 9.47 Å². The molecule has 0 aliphatic rings. The zero-order valence-electron chi connectivity index (χ0n) is 17.1. The lowest BCUT2D eigenvalue weighted by Gasteiger charge is -2.09. The maximum atomic E-state index is 12.2. The molecule has 0 saturated carbocycles. The van der Waals surface area contributed by atoms with Crippen LogP contribution >= 0.6 is 0 Å². The van der Waals surface area contributed by atoms with Crippen LogP contribution in [0.15, 0.2) is 54.9 Å². The molecule has 1 amide bonds. The van der Waals surface area contributed by atoms with E-state index in [1.165, 1.54) is 0 Å². The van der Waals surface area contributed by atoms with Gasteiger partial charge in [-0.3, -0.25) is 10.00 Å². The Morgan fingerprint density at radius 1 is 1.17 bits per heavy atom. The van der Waals surface area contributed by atoms with Gasteiger partial charge in [0.1, 0.15) is 18.1 Å². The molecule has 1 N–H and O–H groups in total. The van der Waals surface area contributed by atoms with E-state index in [1.807, 2.05) is 71.8 Å². The Morgan fingerprint density at radius 3 is 2.80 bits per heavy atom. The SMILES string of the molecule is CCn1nc(COC(=O)Nc2ccc3c(c2)ncn3C)cc1-c1ccccc1OC. The van der Waals surface area contributed by atoms with Crippen LogP contribution in [0, 0.1) is 0 Å². The van der Waals surface area contributed by atoms with Crippen molar-refractivity contribution in [3.8, 4) is 17.0 Å². The van der Waals surface area contributed by atoms with Crippen molar-refractivity contribution in [3.05, 3.63) is 60.6 Å². The normalized spacial score (nSPS) is 10.9. The zero-order valence-corrected chi connectivity index (χ0v) is 17.1. The number of hydrogen-bond donors (Lipinski definition) is 1. The molecular weight excluding hydrogens is 382 g/mol. The first kappa shape index (κ1) is 19.5. The van der Waals surface area contributed by atoms with Crippen LogP contribution in [0.4, 0.5) is 10.5 Å². The van der Waals surface area contributed by atoms with Gasteiger partial charge in [-0.2, -0.15) is 5.10 Å². The van der Waals surface area contributed by atoms with Crippen LogP contribution in [-0.4, -0.2) is 32.5 Å². The quantitative estimate of drug-likeness (QED) is 0.519. The molecule has 2 aromatic heterocycles. The smallest absolute Gasteiger partial charge is 0.412 e. The summed E-state index contributed by atoms with van der Waals surface area (Å²) >= 11 is 0. The first-order chi connectivity index (χ1) is 14.6. The summed E-state index contributed by atoms with van der Waals surface area (Å²) < 4.78 is 14.6. The number of fused-ring (bicyclic) bond motifs is 1. The number of methoxy groups -OCH3 is 1. The van der Waals surface area contributed by atoms with Crippen LogP contribution in [0.2, 0.25) is 0 Å². The average Bonchev–Trinajstić information content (AvgIpc) is 3.35. The molecule has 0 aliphatic heterocycles. The molecule has 0 fully saturated rings. The van der Waals surface area contributed by atoms with Crippen LogP contribution < -0.4 is 10.1 Å². The van der Waals surface area contributed by atoms with Gasteiger partial charge in [0.15, 0.2) is 0 Å². The number of hydrogen-bond acceptors (Lipinski definition) is 5. The standard InChI is InChI=1S/C22H23N5O3/c1-4-27-20(17-7-5-6-8-21(17)29-3)12-16(25-27)13-30-22(28)24-15-9-10-19-18(11-15)23-14-26(19)2/h5-12,14H,4,13H2,1-3H3,(H,24,28). The number of ether oxygens (including phenoxy) is 2. The zero-order chi connectivity index (χ0) is 21.1. The second-order valence-corrected chi connectivity index (χ2v) is 6.80. The Hall–Kier alpha value is -3.81. The summed E-state index contributed by atoms with van der Waals surface area (Å²) in [6.07, 6.45) is 1.19. The second kappa shape index (κ2) is 8.28. The van der Waals surface area contributed by atoms with Gasteiger partial charge in [-0.1, -0.05) is 12.1 Å². The number of para-hydroxylation sites is 1. The number of imidazole rings is 1. The highest BCUT2D eigenvalue weighted by Gasteiger charge is 2.14. The topological polar surface area (TPSA) is 83.2 Å². The van der Waals surface area contributed by atoms with Gasteiger partial charge in [0.05, 0.1) is 30.2 Å². The van der Waals surface area contributed by atoms with E-state index in [9.17, 15) is 4.79 Å². The van der Waals surface area contributed by atoms with E-state index in [2.05, 4.69) is 15.4 Å². The van der Waals surface area contributed by atoms with Crippen molar-refractivity contribution < 1.29 is 14.3 Å². The maximum absolute atomic E-state index is 12.2. The lowest BCUT2D eigenvalue weighted by molar-refractivity contribution is 0.153. The second-order valence-electron chi connectivity index (χ2n) is 6.80. The number of amides is 1. The van der Waals surface area contributed by atoms with E-state index in [-0.39, 0.29) is 6.61 Å². The lowest BCUT2D eigenvalue weighted by Crippen LogP contribution is -2.13. The van der Waals surface area contributed by atoms with Crippen LogP contribution in [0.5, 0.6) is 5.75 Å². The molecule has 0 unspecified atom stereocenters. The third-order valence-corrected chi connectivity index (χ3v) is 4.84. The number of nitrogens with zero attached hydrogens (tertiary/aromatic N) is 4. The minimum absolute atomic E-state index is 0.0623. The highest BCUT2D eigenvalue weighted by atomic mass is 16.5. The summed E-state index contributed by atoms with van der Waals surface area (Å²) in [6.45, 7) is 2.76. The largest absolute Gasteiger partial charge is 0.496 e. The Morgan fingerprint density at radius 2 is 2.00 bits per heavy atom. The highest BCUT2D eigenvalue weighted by molar-refractivity contribution is 5.88. The molecule has 2 aromatic carbocycles. The third kappa shape index (κ3) is 3.84. The molecule has 0 radical (unpaired) electrons. The number of aryl methyl sites for hydroxylation is 2. The van der Waals surface area contributed by atoms with Gasteiger partial charge < -0.3 is 14.0 Å². The van der Waals surface area contributed by atoms with Crippen molar-refractivity contribution in [1.29, 1.82) is 0 Å². The molecule has 0 aliphatic carbocycles. The number of benzene rings is 2. The van der Waals surface area contributed by atoms with Gasteiger partial charge in [-0.25, -0.2) is 9.78 Å². The van der Waals surface area contributed by atoms with Gasteiger partial charge in [-0.15, -0.1) is 0 Å². The van der Waals surface area contributed by atoms with Gasteiger partial charge in [-0.05, 0) is 43.3 Å². The first-order valence-electron chi connectivity index (χ1n) is 9.64. The average molecular weight is 405 g/mol. The summed E-state index contributed by atoms with van der Waals surface area (Å²) in [7, 11) is 3.56. The van der Waals surface area contributed by atoms with Crippen LogP contribution in [-0.2, 0) is 24.9 Å². The number of nitrogens with one attached hydrogen (secondary N) is 1. The Labute approximate surface area is 174 Å². The van der Waals surface area contributed by atoms with Crippen molar-refractivity contribution in [2.75, 3.05) is 12.4 Å². The number of carbonyl (C=O) groups is 1. The van der Waals surface area contributed by atoms with Gasteiger partial charge in [0.2, 0.25) is 0 Å². The van der Waals surface area contributed by atoms with Crippen molar-refractivity contribution in [2.24, 2.45) is 7.05 Å². The number of anilines is 1. The molecule has 154 valence electrons. The summed E-state index contributed by atoms with van der Waals surface area (Å²) in [6, 6.07) is 15.2. The molecule has 0 spiro atoms. The molecule has 30 heavy (non-hydrogen) atoms. The third-order valence-electron chi connectivity index (χ3n) is 4.84. The molecule has 8 nitrogen and oxygen atoms in total. The van der Waals surface area contributed by atoms with E-state index in [1.54, 1.807) is 13.4 Å². The number of rotatable bonds is 6. The minimum Gasteiger partial charge on any atom is -0.496 e. The maximum Gasteiger partial charge on any atom is 0.412 e. The molecule has 4 aromatic rings. The van der Waals surface area contributed by atoms with Gasteiger partial charge >= 0.3 is 6.09 Å². The number of carbonyl (C=O) groups excluding carboxylic acids is 1. The molecule has 8 heteroatoms. The first-order valence-corrected chi connectivity index (χ1v) is 9.64. The predicted octanol–water partition coefficient (Wildman–Crippen LogP) is 4.21. The van der Waals surface area contributed by atoms with Crippen LogP contribution in [0.3, 0.4) is 0 Å². The lowest BCUT2D eigenvalue weighted by atomic mass is 10.1. The Balaban J connectivity index is 1.45. The molecule has 4 rings (SSSR count). The molecule has 2 heterocycles. The highest BCUT2D eigenvalue weighted by Crippen LogP contribution is 2.30. The van der Waals surface area contributed by atoms with E-state index >= 15 is 0 Å². The van der Waals surface area contributed by atoms with Crippen molar-refractivity contribution in [1.82, 2.24) is 19.3 Å². The summed E-state index contributed by atoms with van der Waals surface area (Å²) in [5, 5.41) is 7.28. The van der Waals surface area contributed by atoms with Crippen LogP contribution in [0.1, 0.15) is 12.6 Å². The fraction of sp³-hybridized carbons (Fsp3) is 0.227. The van der Waals surface area contributed by atoms with E-state index in [0.29, 0.717) is 17.9 Å². The van der Waals surface area contributed by atoms with Crippen molar-refractivity contribution in [2.45, 2.75) is 20.1 Å².